The molecule has 1 amide bonds. The van der Waals surface area contributed by atoms with E-state index in [1.165, 1.54) is 0 Å². The van der Waals surface area contributed by atoms with Crippen LogP contribution in [0.1, 0.15) is 17.9 Å². The number of rotatable bonds is 1. The molecule has 1 aromatic carbocycles. The largest absolute Gasteiger partial charge is 0.375 e. The summed E-state index contributed by atoms with van der Waals surface area (Å²) < 4.78 is 5.43. The molecule has 0 aromatic heterocycles. The maximum atomic E-state index is 12.8. The molecule has 0 radical (unpaired) electrons. The molecule has 0 fully saturated rings. The van der Waals surface area contributed by atoms with Crippen LogP contribution in [0.4, 0.5) is 5.69 Å². The molecule has 1 aliphatic carbocycles. The van der Waals surface area contributed by atoms with Gasteiger partial charge in [-0.05, 0) is 18.1 Å². The summed E-state index contributed by atoms with van der Waals surface area (Å²) in [6.07, 6.45) is 4.02. The lowest BCUT2D eigenvalue weighted by atomic mass is 9.62. The molecule has 20 heavy (non-hydrogen) atoms. The van der Waals surface area contributed by atoms with Gasteiger partial charge in [-0.15, -0.1) is 0 Å². The normalized spacial score (nSPS) is 31.4. The smallest absolute Gasteiger partial charge is 0.250 e. The summed E-state index contributed by atoms with van der Waals surface area (Å²) in [6.45, 7) is 0. The Morgan fingerprint density at radius 1 is 1.45 bits per heavy atom. The second-order valence-electron chi connectivity index (χ2n) is 5.28. The Hall–Kier alpha value is -2.12. The number of nitrogens with zero attached hydrogens (tertiary/aromatic N) is 2. The van der Waals surface area contributed by atoms with Gasteiger partial charge in [0, 0.05) is 25.8 Å². The van der Waals surface area contributed by atoms with Crippen LogP contribution in [0.15, 0.2) is 36.4 Å². The number of methoxy groups -OCH3 is 1. The van der Waals surface area contributed by atoms with E-state index in [2.05, 4.69) is 6.07 Å². The summed E-state index contributed by atoms with van der Waals surface area (Å²) in [6, 6.07) is 10.1. The van der Waals surface area contributed by atoms with Crippen molar-refractivity contribution in [2.24, 2.45) is 5.41 Å². The number of allylic oxidation sites excluding steroid dienone is 1. The molecule has 0 unspecified atom stereocenters. The molecule has 1 heterocycles. The van der Waals surface area contributed by atoms with Gasteiger partial charge in [-0.2, -0.15) is 5.26 Å². The molecule has 3 rings (SSSR count). The first kappa shape index (κ1) is 12.9. The fourth-order valence-corrected chi connectivity index (χ4v) is 3.45. The number of carbonyl (C=O) groups excluding carboxylic acids is 1. The molecule has 3 atom stereocenters. The Morgan fingerprint density at radius 2 is 2.20 bits per heavy atom. The zero-order chi connectivity index (χ0) is 14.3. The topological polar surface area (TPSA) is 53.3 Å². The van der Waals surface area contributed by atoms with E-state index in [9.17, 15) is 10.1 Å². The number of anilines is 1. The van der Waals surface area contributed by atoms with Gasteiger partial charge < -0.3 is 9.64 Å². The lowest BCUT2D eigenvalue weighted by molar-refractivity contribution is -0.132. The molecule has 4 heteroatoms. The van der Waals surface area contributed by atoms with Crippen LogP contribution in [0.5, 0.6) is 0 Å². The van der Waals surface area contributed by atoms with Crippen LogP contribution < -0.4 is 4.90 Å². The zero-order valence-electron chi connectivity index (χ0n) is 11.5. The number of ether oxygens (including phenoxy) is 1. The maximum Gasteiger partial charge on any atom is 0.250 e. The monoisotopic (exact) mass is 268 g/mol. The molecule has 1 aromatic rings. The number of benzene rings is 1. The number of para-hydroxylation sites is 1. The highest BCUT2D eigenvalue weighted by Gasteiger charge is 2.58. The minimum Gasteiger partial charge on any atom is -0.375 e. The van der Waals surface area contributed by atoms with E-state index in [-0.39, 0.29) is 11.8 Å². The number of fused-ring (bicyclic) bond motifs is 3. The average Bonchev–Trinajstić information content (AvgIpc) is 2.51. The van der Waals surface area contributed by atoms with Gasteiger partial charge in [0.25, 0.3) is 5.91 Å². The molecule has 4 nitrogen and oxygen atoms in total. The van der Waals surface area contributed by atoms with Crippen molar-refractivity contribution in [3.63, 3.8) is 0 Å². The minimum absolute atomic E-state index is 0.151. The van der Waals surface area contributed by atoms with Crippen molar-refractivity contribution in [1.29, 1.82) is 5.26 Å². The van der Waals surface area contributed by atoms with Crippen molar-refractivity contribution in [3.05, 3.63) is 42.0 Å². The predicted octanol–water partition coefficient (Wildman–Crippen LogP) is 2.23. The Labute approximate surface area is 118 Å². The summed E-state index contributed by atoms with van der Waals surface area (Å²) in [5.74, 6) is -0.331. The van der Waals surface area contributed by atoms with Crippen LogP contribution in [-0.4, -0.2) is 26.2 Å². The number of hydrogen-bond donors (Lipinski definition) is 0. The molecule has 102 valence electrons. The van der Waals surface area contributed by atoms with Crippen molar-refractivity contribution in [3.8, 4) is 6.07 Å². The van der Waals surface area contributed by atoms with Crippen LogP contribution >= 0.6 is 0 Å². The number of carbonyl (C=O) groups is 1. The SMILES string of the molecule is CO[C@@H]1C=CC[C@H]2c3ccccc3N(C)C(=O)[C@@]12C#N. The summed E-state index contributed by atoms with van der Waals surface area (Å²) >= 11 is 0. The van der Waals surface area contributed by atoms with Gasteiger partial charge in [-0.25, -0.2) is 0 Å². The third-order valence-corrected chi connectivity index (χ3v) is 4.45. The van der Waals surface area contributed by atoms with Gasteiger partial charge in [0.2, 0.25) is 0 Å². The van der Waals surface area contributed by atoms with Crippen LogP contribution in [-0.2, 0) is 9.53 Å². The Bertz CT molecular complexity index is 632. The number of amides is 1. The van der Waals surface area contributed by atoms with Gasteiger partial charge in [0.15, 0.2) is 5.41 Å². The van der Waals surface area contributed by atoms with E-state index in [1.807, 2.05) is 36.4 Å². The summed E-state index contributed by atoms with van der Waals surface area (Å²) in [4.78, 5) is 14.4. The Balaban J connectivity index is 2.27. The second-order valence-corrected chi connectivity index (χ2v) is 5.28. The molecule has 1 aliphatic heterocycles. The fraction of sp³-hybridized carbons (Fsp3) is 0.375. The van der Waals surface area contributed by atoms with Gasteiger partial charge in [0.05, 0.1) is 6.07 Å². The van der Waals surface area contributed by atoms with Crippen LogP contribution in [0.3, 0.4) is 0 Å². The first-order valence-corrected chi connectivity index (χ1v) is 6.64. The van der Waals surface area contributed by atoms with E-state index in [1.54, 1.807) is 19.1 Å². The fourth-order valence-electron chi connectivity index (χ4n) is 3.45. The van der Waals surface area contributed by atoms with Gasteiger partial charge >= 0.3 is 0 Å². The van der Waals surface area contributed by atoms with E-state index >= 15 is 0 Å². The quantitative estimate of drug-likeness (QED) is 0.734. The van der Waals surface area contributed by atoms with Gasteiger partial charge in [-0.3, -0.25) is 4.79 Å². The van der Waals surface area contributed by atoms with E-state index < -0.39 is 11.5 Å². The molecule has 0 bridgehead atoms. The summed E-state index contributed by atoms with van der Waals surface area (Å²) in [7, 11) is 3.27. The third-order valence-electron chi connectivity index (χ3n) is 4.45. The number of nitriles is 1. The van der Waals surface area contributed by atoms with Gasteiger partial charge in [0.1, 0.15) is 6.10 Å². The minimum atomic E-state index is -1.16. The van der Waals surface area contributed by atoms with E-state index in [4.69, 9.17) is 4.74 Å². The van der Waals surface area contributed by atoms with Crippen molar-refractivity contribution in [1.82, 2.24) is 0 Å². The molecule has 2 aliphatic rings. The molecular weight excluding hydrogens is 252 g/mol. The Kier molecular flexibility index (Phi) is 2.88. The predicted molar refractivity (Wildman–Crippen MR) is 75.2 cm³/mol. The zero-order valence-corrected chi connectivity index (χ0v) is 11.5. The van der Waals surface area contributed by atoms with Crippen LogP contribution in [0.25, 0.3) is 0 Å². The number of hydrogen-bond acceptors (Lipinski definition) is 3. The molecular formula is C16H16N2O2. The van der Waals surface area contributed by atoms with E-state index in [0.717, 1.165) is 11.3 Å². The molecule has 0 N–H and O–H groups in total. The molecule has 0 spiro atoms. The van der Waals surface area contributed by atoms with E-state index in [0.29, 0.717) is 6.42 Å². The third kappa shape index (κ3) is 1.41. The van der Waals surface area contributed by atoms with Crippen LogP contribution in [0, 0.1) is 16.7 Å². The van der Waals surface area contributed by atoms with Crippen molar-refractivity contribution in [2.75, 3.05) is 19.1 Å². The molecule has 0 saturated carbocycles. The summed E-state index contributed by atoms with van der Waals surface area (Å²) in [5, 5.41) is 9.78. The lowest BCUT2D eigenvalue weighted by Crippen LogP contribution is -2.56. The Morgan fingerprint density at radius 3 is 2.90 bits per heavy atom. The highest BCUT2D eigenvalue weighted by molar-refractivity contribution is 6.03. The highest BCUT2D eigenvalue weighted by atomic mass is 16.5. The van der Waals surface area contributed by atoms with Crippen molar-refractivity contribution >= 4 is 11.6 Å². The lowest BCUT2D eigenvalue weighted by Gasteiger charge is -2.46. The van der Waals surface area contributed by atoms with Crippen molar-refractivity contribution < 1.29 is 9.53 Å². The first-order chi connectivity index (χ1) is 9.66. The standard InChI is InChI=1S/C16H16N2O2/c1-18-13-8-4-3-6-11(13)12-7-5-9-14(20-2)16(12,10-17)15(18)19/h3-6,8-9,12,14H,7H2,1-2H3/t12-,14+,16+/m0/s1. The highest BCUT2D eigenvalue weighted by Crippen LogP contribution is 2.52. The summed E-state index contributed by atoms with van der Waals surface area (Å²) in [5.41, 5.74) is 0.771. The maximum absolute atomic E-state index is 12.8. The first-order valence-electron chi connectivity index (χ1n) is 6.64. The van der Waals surface area contributed by atoms with Crippen LogP contribution in [0.2, 0.25) is 0 Å². The van der Waals surface area contributed by atoms with Crippen molar-refractivity contribution in [2.45, 2.75) is 18.4 Å². The average molecular weight is 268 g/mol. The van der Waals surface area contributed by atoms with Gasteiger partial charge in [-0.1, -0.05) is 30.4 Å². The second kappa shape index (κ2) is 4.46. The molecule has 0 saturated heterocycles.